The molecule has 0 unspecified atom stereocenters. The summed E-state index contributed by atoms with van der Waals surface area (Å²) in [5.41, 5.74) is 0. The number of nitrogens with zero attached hydrogens (tertiary/aromatic N) is 1. The van der Waals surface area contributed by atoms with Crippen molar-refractivity contribution >= 4 is 6.29 Å². The van der Waals surface area contributed by atoms with Gasteiger partial charge in [-0.2, -0.15) is 4.57 Å². The van der Waals surface area contributed by atoms with E-state index in [4.69, 9.17) is 0 Å². The molecule has 3 heteroatoms. The minimum atomic E-state index is 0. The Hall–Kier alpha value is -0.890. The summed E-state index contributed by atoms with van der Waals surface area (Å²) in [7, 11) is 0. The van der Waals surface area contributed by atoms with Crippen molar-refractivity contribution in [2.24, 2.45) is 0 Å². The molecule has 0 bridgehead atoms. The molecule has 0 aromatic carbocycles. The van der Waals surface area contributed by atoms with Crippen LogP contribution in [0.3, 0.4) is 0 Å². The molecule has 0 spiro atoms. The Morgan fingerprint density at radius 3 is 2.30 bits per heavy atom. The van der Waals surface area contributed by atoms with Crippen LogP contribution in [0.2, 0.25) is 0 Å². The lowest BCUT2D eigenvalue weighted by atomic mass is 10.5. The Balaban J connectivity index is 0.000000810. The fourth-order valence-electron chi connectivity index (χ4n) is 0.642. The monoisotopic (exact) mass is 157 g/mol. The predicted octanol–water partition coefficient (Wildman–Crippen LogP) is -2.82. The SMILES string of the molecule is O=CC[n+]1ccccc1.[Cl-]. The van der Waals surface area contributed by atoms with E-state index >= 15 is 0 Å². The topological polar surface area (TPSA) is 20.9 Å². The van der Waals surface area contributed by atoms with Crippen molar-refractivity contribution in [2.75, 3.05) is 0 Å². The minimum absolute atomic E-state index is 0. The molecule has 1 aromatic rings. The van der Waals surface area contributed by atoms with E-state index in [9.17, 15) is 4.79 Å². The number of carbonyl (C=O) groups is 1. The zero-order chi connectivity index (χ0) is 6.53. The van der Waals surface area contributed by atoms with Gasteiger partial charge in [0.25, 0.3) is 0 Å². The predicted molar refractivity (Wildman–Crippen MR) is 32.7 cm³/mol. The third-order valence-electron chi connectivity index (χ3n) is 1.06. The summed E-state index contributed by atoms with van der Waals surface area (Å²) in [6.07, 6.45) is 4.59. The zero-order valence-corrected chi connectivity index (χ0v) is 6.16. The molecule has 1 aromatic heterocycles. The van der Waals surface area contributed by atoms with E-state index < -0.39 is 0 Å². The summed E-state index contributed by atoms with van der Waals surface area (Å²) in [6, 6.07) is 5.70. The number of aromatic nitrogens is 1. The second kappa shape index (κ2) is 4.94. The largest absolute Gasteiger partial charge is 1.00 e. The maximum Gasteiger partial charge on any atom is 0.203 e. The fraction of sp³-hybridized carbons (Fsp3) is 0.143. The summed E-state index contributed by atoms with van der Waals surface area (Å²) in [5.74, 6) is 0. The summed E-state index contributed by atoms with van der Waals surface area (Å²) < 4.78 is 1.81. The van der Waals surface area contributed by atoms with Crippen molar-refractivity contribution in [3.8, 4) is 0 Å². The van der Waals surface area contributed by atoms with Crippen LogP contribution in [0.1, 0.15) is 0 Å². The molecule has 0 N–H and O–H groups in total. The first-order chi connectivity index (χ1) is 4.43. The highest BCUT2D eigenvalue weighted by atomic mass is 35.5. The normalized spacial score (nSPS) is 8.00. The van der Waals surface area contributed by atoms with Gasteiger partial charge in [0.05, 0.1) is 0 Å². The molecule has 0 aliphatic carbocycles. The van der Waals surface area contributed by atoms with Gasteiger partial charge >= 0.3 is 0 Å². The van der Waals surface area contributed by atoms with Crippen molar-refractivity contribution in [3.05, 3.63) is 30.6 Å². The zero-order valence-electron chi connectivity index (χ0n) is 5.40. The van der Waals surface area contributed by atoms with E-state index in [2.05, 4.69) is 0 Å². The van der Waals surface area contributed by atoms with Crippen LogP contribution < -0.4 is 17.0 Å². The molecular weight excluding hydrogens is 150 g/mol. The van der Waals surface area contributed by atoms with E-state index in [0.717, 1.165) is 6.29 Å². The van der Waals surface area contributed by atoms with Crippen LogP contribution in [0, 0.1) is 0 Å². The Labute approximate surface area is 65.9 Å². The van der Waals surface area contributed by atoms with Crippen LogP contribution in [-0.4, -0.2) is 6.29 Å². The van der Waals surface area contributed by atoms with Crippen LogP contribution in [-0.2, 0) is 11.3 Å². The molecule has 0 saturated carbocycles. The van der Waals surface area contributed by atoms with Crippen LogP contribution in [0.15, 0.2) is 30.6 Å². The Morgan fingerprint density at radius 1 is 1.20 bits per heavy atom. The van der Waals surface area contributed by atoms with Gasteiger partial charge in [0.2, 0.25) is 6.54 Å². The fourth-order valence-corrected chi connectivity index (χ4v) is 0.642. The van der Waals surface area contributed by atoms with Crippen LogP contribution in [0.25, 0.3) is 0 Å². The van der Waals surface area contributed by atoms with Crippen molar-refractivity contribution < 1.29 is 21.8 Å². The third kappa shape index (κ3) is 2.60. The quantitative estimate of drug-likeness (QED) is 0.335. The van der Waals surface area contributed by atoms with Crippen molar-refractivity contribution in [1.82, 2.24) is 0 Å². The van der Waals surface area contributed by atoms with Crippen molar-refractivity contribution in [1.29, 1.82) is 0 Å². The van der Waals surface area contributed by atoms with Gasteiger partial charge < -0.3 is 12.4 Å². The van der Waals surface area contributed by atoms with E-state index in [1.807, 2.05) is 35.2 Å². The van der Waals surface area contributed by atoms with Gasteiger partial charge in [0.1, 0.15) is 0 Å². The van der Waals surface area contributed by atoms with E-state index in [1.165, 1.54) is 0 Å². The molecule has 0 atom stereocenters. The number of halogens is 1. The van der Waals surface area contributed by atoms with E-state index in [-0.39, 0.29) is 12.4 Å². The standard InChI is InChI=1S/C7H8NO.ClH/c9-7-6-8-4-2-1-3-5-8;/h1-5,7H,6H2;1H/q+1;/p-1. The van der Waals surface area contributed by atoms with Crippen LogP contribution in [0.5, 0.6) is 0 Å². The summed E-state index contributed by atoms with van der Waals surface area (Å²) in [5, 5.41) is 0. The van der Waals surface area contributed by atoms with Gasteiger partial charge in [-0.05, 0) is 0 Å². The number of hydrogen-bond donors (Lipinski definition) is 0. The van der Waals surface area contributed by atoms with Crippen molar-refractivity contribution in [2.45, 2.75) is 6.54 Å². The van der Waals surface area contributed by atoms with Gasteiger partial charge in [-0.15, -0.1) is 0 Å². The Morgan fingerprint density at radius 2 is 1.80 bits per heavy atom. The maximum atomic E-state index is 9.95. The molecule has 54 valence electrons. The highest BCUT2D eigenvalue weighted by molar-refractivity contribution is 5.46. The maximum absolute atomic E-state index is 9.95. The first-order valence-corrected chi connectivity index (χ1v) is 2.81. The average Bonchev–Trinajstić information content (AvgIpc) is 1.91. The van der Waals surface area contributed by atoms with Gasteiger partial charge in [-0.3, -0.25) is 4.79 Å². The molecule has 10 heavy (non-hydrogen) atoms. The molecule has 0 aliphatic heterocycles. The highest BCUT2D eigenvalue weighted by Gasteiger charge is 1.91. The molecule has 1 heterocycles. The molecule has 1 rings (SSSR count). The summed E-state index contributed by atoms with van der Waals surface area (Å²) in [6.45, 7) is 0.445. The number of pyridine rings is 1. The molecule has 0 saturated heterocycles. The Bertz CT molecular complexity index is 188. The molecule has 0 radical (unpaired) electrons. The van der Waals surface area contributed by atoms with Crippen molar-refractivity contribution in [3.63, 3.8) is 0 Å². The second-order valence-corrected chi connectivity index (χ2v) is 1.74. The minimum Gasteiger partial charge on any atom is -1.00 e. The summed E-state index contributed by atoms with van der Waals surface area (Å²) in [4.78, 5) is 9.95. The van der Waals surface area contributed by atoms with Crippen LogP contribution in [0.4, 0.5) is 0 Å². The highest BCUT2D eigenvalue weighted by Crippen LogP contribution is 1.74. The van der Waals surface area contributed by atoms with E-state index in [0.29, 0.717) is 6.54 Å². The molecular formula is C7H8ClNO. The third-order valence-corrected chi connectivity index (χ3v) is 1.06. The van der Waals surface area contributed by atoms with Gasteiger partial charge in [-0.1, -0.05) is 6.07 Å². The molecule has 0 fully saturated rings. The van der Waals surface area contributed by atoms with Gasteiger partial charge in [-0.25, -0.2) is 0 Å². The molecule has 2 nitrogen and oxygen atoms in total. The lowest BCUT2D eigenvalue weighted by Gasteiger charge is -1.84. The number of aldehydes is 1. The second-order valence-electron chi connectivity index (χ2n) is 1.74. The van der Waals surface area contributed by atoms with E-state index in [1.54, 1.807) is 0 Å². The van der Waals surface area contributed by atoms with Gasteiger partial charge in [0, 0.05) is 12.1 Å². The Kier molecular flexibility index (Phi) is 4.50. The lowest BCUT2D eigenvalue weighted by Crippen LogP contribution is -3.00. The number of rotatable bonds is 2. The number of hydrogen-bond acceptors (Lipinski definition) is 1. The average molecular weight is 158 g/mol. The number of carbonyl (C=O) groups excluding carboxylic acids is 1. The van der Waals surface area contributed by atoms with Gasteiger partial charge in [0.15, 0.2) is 18.7 Å². The first kappa shape index (κ1) is 9.11. The molecule has 0 aliphatic rings. The molecule has 0 amide bonds. The summed E-state index contributed by atoms with van der Waals surface area (Å²) >= 11 is 0. The first-order valence-electron chi connectivity index (χ1n) is 2.81. The smallest absolute Gasteiger partial charge is 0.203 e. The van der Waals surface area contributed by atoms with Crippen LogP contribution >= 0.6 is 0 Å². The lowest BCUT2D eigenvalue weighted by molar-refractivity contribution is -0.682.